The third kappa shape index (κ3) is 12.0. The van der Waals surface area contributed by atoms with Crippen molar-refractivity contribution in [3.8, 4) is 11.1 Å². The van der Waals surface area contributed by atoms with Gasteiger partial charge in [-0.2, -0.15) is 13.2 Å². The van der Waals surface area contributed by atoms with Crippen molar-refractivity contribution in [3.63, 3.8) is 0 Å². The fourth-order valence-corrected chi connectivity index (χ4v) is 4.71. The number of benzene rings is 4. The molecule has 48 heavy (non-hydrogen) atoms. The molecule has 0 aliphatic heterocycles. The number of carboxylic acid groups (broad SMARTS) is 1. The van der Waals surface area contributed by atoms with Crippen molar-refractivity contribution in [2.75, 3.05) is 6.54 Å². The van der Waals surface area contributed by atoms with E-state index >= 15 is 0 Å². The second-order valence-corrected chi connectivity index (χ2v) is 10.9. The number of amides is 1. The van der Waals surface area contributed by atoms with E-state index in [4.69, 9.17) is 9.90 Å². The van der Waals surface area contributed by atoms with Crippen molar-refractivity contribution in [1.29, 1.82) is 0 Å². The van der Waals surface area contributed by atoms with Crippen LogP contribution in [0.4, 0.5) is 13.2 Å². The van der Waals surface area contributed by atoms with Crippen molar-refractivity contribution in [2.45, 2.75) is 32.2 Å². The van der Waals surface area contributed by atoms with Crippen LogP contribution >= 0.6 is 0 Å². The summed E-state index contributed by atoms with van der Waals surface area (Å²) in [7, 11) is 0. The first-order valence-corrected chi connectivity index (χ1v) is 15.3. The number of carboxylic acids is 1. The maximum atomic E-state index is 13.2. The van der Waals surface area contributed by atoms with Crippen LogP contribution < -0.4 is 5.32 Å². The van der Waals surface area contributed by atoms with Gasteiger partial charge in [-0.3, -0.25) is 9.78 Å². The molecule has 0 radical (unpaired) electrons. The molecule has 1 aromatic heterocycles. The highest BCUT2D eigenvalue weighted by molar-refractivity contribution is 5.91. The highest BCUT2D eigenvalue weighted by atomic mass is 19.4. The van der Waals surface area contributed by atoms with E-state index in [1.54, 1.807) is 12.3 Å². The van der Waals surface area contributed by atoms with E-state index in [1.165, 1.54) is 16.7 Å². The molecule has 0 saturated heterocycles. The van der Waals surface area contributed by atoms with Crippen LogP contribution in [0, 0.1) is 0 Å². The van der Waals surface area contributed by atoms with Crippen molar-refractivity contribution >= 4 is 18.0 Å². The van der Waals surface area contributed by atoms with Crippen molar-refractivity contribution < 1.29 is 27.9 Å². The molecule has 2 N–H and O–H groups in total. The van der Waals surface area contributed by atoms with Gasteiger partial charge in [0.2, 0.25) is 5.91 Å². The average molecular weight is 652 g/mol. The van der Waals surface area contributed by atoms with Gasteiger partial charge < -0.3 is 15.3 Å². The number of alkyl halides is 3. The summed E-state index contributed by atoms with van der Waals surface area (Å²) in [6.07, 6.45) is 3.02. The summed E-state index contributed by atoms with van der Waals surface area (Å²) in [5.41, 5.74) is 8.04. The van der Waals surface area contributed by atoms with E-state index in [1.807, 2.05) is 59.6 Å². The number of aliphatic carboxylic acids is 1. The predicted molar refractivity (Wildman–Crippen MR) is 181 cm³/mol. The molecule has 5 aromatic rings. The lowest BCUT2D eigenvalue weighted by atomic mass is 10.0. The first kappa shape index (κ1) is 35.3. The van der Waals surface area contributed by atoms with Gasteiger partial charge in [0.25, 0.3) is 0 Å². The molecule has 6 nitrogen and oxygen atoms in total. The van der Waals surface area contributed by atoms with Gasteiger partial charge in [0.1, 0.15) is 0 Å². The molecule has 0 aliphatic rings. The zero-order valence-electron chi connectivity index (χ0n) is 26.2. The molecule has 4 aromatic carbocycles. The number of nitrogens with one attached hydrogen (secondary N) is 1. The Balaban J connectivity index is 0.000000671. The minimum atomic E-state index is -5.08. The maximum Gasteiger partial charge on any atom is 0.490 e. The summed E-state index contributed by atoms with van der Waals surface area (Å²) < 4.78 is 31.7. The summed E-state index contributed by atoms with van der Waals surface area (Å²) in [6.45, 7) is 2.82. The third-order valence-corrected chi connectivity index (χ3v) is 7.25. The molecule has 0 saturated carbocycles. The number of nitrogens with zero attached hydrogens (tertiary/aromatic N) is 2. The van der Waals surface area contributed by atoms with E-state index in [2.05, 4.69) is 89.2 Å². The molecule has 9 heteroatoms. The Kier molecular flexibility index (Phi) is 13.2. The monoisotopic (exact) mass is 651 g/mol. The summed E-state index contributed by atoms with van der Waals surface area (Å²) in [5, 5.41) is 10.7. The molecular weight excluding hydrogens is 615 g/mol. The van der Waals surface area contributed by atoms with Crippen LogP contribution in [0.3, 0.4) is 0 Å². The minimum Gasteiger partial charge on any atom is -0.475 e. The molecule has 0 spiro atoms. The van der Waals surface area contributed by atoms with E-state index < -0.39 is 12.1 Å². The van der Waals surface area contributed by atoms with Crippen LogP contribution in [0.5, 0.6) is 0 Å². The second kappa shape index (κ2) is 18.0. The Bertz CT molecular complexity index is 1730. The fraction of sp³-hybridized carbons (Fsp3) is 0.154. The lowest BCUT2D eigenvalue weighted by Crippen LogP contribution is -2.28. The molecule has 1 heterocycles. The van der Waals surface area contributed by atoms with Gasteiger partial charge in [0.15, 0.2) is 0 Å². The van der Waals surface area contributed by atoms with Gasteiger partial charge in [-0.05, 0) is 64.1 Å². The maximum absolute atomic E-state index is 13.2. The van der Waals surface area contributed by atoms with E-state index in [-0.39, 0.29) is 5.91 Å². The van der Waals surface area contributed by atoms with Crippen LogP contribution in [0.1, 0.15) is 27.8 Å². The molecule has 1 amide bonds. The predicted octanol–water partition coefficient (Wildman–Crippen LogP) is 7.96. The van der Waals surface area contributed by atoms with Crippen molar-refractivity contribution in [1.82, 2.24) is 15.2 Å². The van der Waals surface area contributed by atoms with Crippen LogP contribution in [0.25, 0.3) is 17.2 Å². The van der Waals surface area contributed by atoms with Crippen LogP contribution in [-0.2, 0) is 35.6 Å². The topological polar surface area (TPSA) is 82.5 Å². The van der Waals surface area contributed by atoms with Crippen LogP contribution in [0.2, 0.25) is 0 Å². The molecule has 246 valence electrons. The normalized spacial score (nSPS) is 11.1. The first-order chi connectivity index (χ1) is 23.2. The number of hydrogen-bond donors (Lipinski definition) is 2. The standard InChI is InChI=1S/C37H35N3O.C2HF3O2/c41-37(22-17-30-8-3-1-4-9-30)40(29-34-12-7-24-38-27-34)28-33-15-20-36(21-16-33)35-18-13-32(14-19-35)26-39-25-23-31-10-5-2-6-11-31;3-2(4,5)1(6)7/h1-22,24,27,39H,23,25-26,28-29H2;(H,6,7)/b22-17+;. The third-order valence-electron chi connectivity index (χ3n) is 7.25. The zero-order valence-corrected chi connectivity index (χ0v) is 26.2. The second-order valence-electron chi connectivity index (χ2n) is 10.9. The van der Waals surface area contributed by atoms with Gasteiger partial charge in [-0.15, -0.1) is 0 Å². The number of halogens is 3. The number of aromatic nitrogens is 1. The quantitative estimate of drug-likeness (QED) is 0.106. The number of carbonyl (C=O) groups is 2. The summed E-state index contributed by atoms with van der Waals surface area (Å²) >= 11 is 0. The van der Waals surface area contributed by atoms with Gasteiger partial charge >= 0.3 is 12.1 Å². The summed E-state index contributed by atoms with van der Waals surface area (Å²) in [6, 6.07) is 41.6. The highest BCUT2D eigenvalue weighted by Gasteiger charge is 2.38. The molecule has 0 fully saturated rings. The van der Waals surface area contributed by atoms with Gasteiger partial charge in [0.05, 0.1) is 0 Å². The first-order valence-electron chi connectivity index (χ1n) is 15.3. The summed E-state index contributed by atoms with van der Waals surface area (Å²) in [5.74, 6) is -2.79. The number of rotatable bonds is 12. The highest BCUT2D eigenvalue weighted by Crippen LogP contribution is 2.22. The Morgan fingerprint density at radius 1 is 0.708 bits per heavy atom. The van der Waals surface area contributed by atoms with E-state index in [0.717, 1.165) is 41.8 Å². The Morgan fingerprint density at radius 3 is 1.81 bits per heavy atom. The van der Waals surface area contributed by atoms with Gasteiger partial charge in [-0.1, -0.05) is 115 Å². The lowest BCUT2D eigenvalue weighted by molar-refractivity contribution is -0.192. The largest absolute Gasteiger partial charge is 0.490 e. The summed E-state index contributed by atoms with van der Waals surface area (Å²) in [4.78, 5) is 28.2. The van der Waals surface area contributed by atoms with E-state index in [9.17, 15) is 18.0 Å². The molecule has 0 unspecified atom stereocenters. The van der Waals surface area contributed by atoms with Gasteiger partial charge in [0, 0.05) is 38.1 Å². The lowest BCUT2D eigenvalue weighted by Gasteiger charge is -2.22. The SMILES string of the molecule is O=C(/C=C/c1ccccc1)N(Cc1ccc(-c2ccc(CNCCc3ccccc3)cc2)cc1)Cc1cccnc1.O=C(O)C(F)(F)F. The van der Waals surface area contributed by atoms with Crippen LogP contribution in [-0.4, -0.2) is 39.6 Å². The molecule has 0 bridgehead atoms. The molecule has 5 rings (SSSR count). The average Bonchev–Trinajstić information content (AvgIpc) is 3.11. The minimum absolute atomic E-state index is 0.0326. The Labute approximate surface area is 278 Å². The molecular formula is C39H36F3N3O3. The molecule has 0 atom stereocenters. The van der Waals surface area contributed by atoms with Crippen molar-refractivity contribution in [3.05, 3.63) is 168 Å². The van der Waals surface area contributed by atoms with Crippen LogP contribution in [0.15, 0.2) is 140 Å². The Hall–Kier alpha value is -5.54. The molecule has 0 aliphatic carbocycles. The Morgan fingerprint density at radius 2 is 1.25 bits per heavy atom. The smallest absolute Gasteiger partial charge is 0.475 e. The van der Waals surface area contributed by atoms with E-state index in [0.29, 0.717) is 13.1 Å². The number of hydrogen-bond acceptors (Lipinski definition) is 4. The zero-order chi connectivity index (χ0) is 34.2. The van der Waals surface area contributed by atoms with Gasteiger partial charge in [-0.25, -0.2) is 4.79 Å². The fourth-order valence-electron chi connectivity index (χ4n) is 4.71. The number of carbonyl (C=O) groups excluding carboxylic acids is 1. The number of pyridine rings is 1. The van der Waals surface area contributed by atoms with Crippen molar-refractivity contribution in [2.24, 2.45) is 0 Å².